The highest BCUT2D eigenvalue weighted by molar-refractivity contribution is 5.27. The molecule has 0 fully saturated rings. The van der Waals surface area contributed by atoms with E-state index < -0.39 is 0 Å². The number of nitrogens with zero attached hydrogens (tertiary/aromatic N) is 1. The summed E-state index contributed by atoms with van der Waals surface area (Å²) in [7, 11) is 0. The maximum absolute atomic E-state index is 5.71. The van der Waals surface area contributed by atoms with Crippen molar-refractivity contribution in [1.29, 1.82) is 0 Å². The van der Waals surface area contributed by atoms with Crippen molar-refractivity contribution in [2.24, 2.45) is 5.73 Å². The summed E-state index contributed by atoms with van der Waals surface area (Å²) in [6.45, 7) is 12.3. The van der Waals surface area contributed by atoms with Gasteiger partial charge < -0.3 is 10.5 Å². The van der Waals surface area contributed by atoms with Gasteiger partial charge in [-0.3, -0.25) is 4.90 Å². The molecule has 0 aliphatic carbocycles. The van der Waals surface area contributed by atoms with Crippen LogP contribution in [0.5, 0.6) is 5.75 Å². The zero-order valence-corrected chi connectivity index (χ0v) is 11.5. The van der Waals surface area contributed by atoms with E-state index in [2.05, 4.69) is 25.3 Å². The molecule has 18 heavy (non-hydrogen) atoms. The molecule has 100 valence electrons. The van der Waals surface area contributed by atoms with Crippen molar-refractivity contribution in [2.75, 3.05) is 26.2 Å². The normalized spacial score (nSPS) is 10.7. The zero-order valence-electron chi connectivity index (χ0n) is 11.5. The molecule has 0 spiro atoms. The van der Waals surface area contributed by atoms with E-state index >= 15 is 0 Å². The van der Waals surface area contributed by atoms with E-state index in [9.17, 15) is 0 Å². The highest BCUT2D eigenvalue weighted by Gasteiger charge is 2.02. The molecule has 1 aromatic rings. The summed E-state index contributed by atoms with van der Waals surface area (Å²) in [5, 5.41) is 0. The first kappa shape index (κ1) is 14.7. The van der Waals surface area contributed by atoms with Gasteiger partial charge in [-0.25, -0.2) is 0 Å². The second-order valence-electron chi connectivity index (χ2n) is 4.52. The van der Waals surface area contributed by atoms with Crippen molar-refractivity contribution in [3.05, 3.63) is 42.0 Å². The number of hydrogen-bond donors (Lipinski definition) is 1. The average molecular weight is 248 g/mol. The summed E-state index contributed by atoms with van der Waals surface area (Å²) in [4.78, 5) is 2.32. The van der Waals surface area contributed by atoms with Crippen molar-refractivity contribution in [1.82, 2.24) is 4.90 Å². The van der Waals surface area contributed by atoms with Gasteiger partial charge in [-0.05, 0) is 31.2 Å². The van der Waals surface area contributed by atoms with Gasteiger partial charge in [-0.15, -0.1) is 0 Å². The molecule has 1 rings (SSSR count). The van der Waals surface area contributed by atoms with Crippen molar-refractivity contribution < 1.29 is 4.74 Å². The highest BCUT2D eigenvalue weighted by Crippen LogP contribution is 2.11. The first-order valence-corrected chi connectivity index (χ1v) is 6.44. The monoisotopic (exact) mass is 248 g/mol. The fourth-order valence-electron chi connectivity index (χ4n) is 1.75. The van der Waals surface area contributed by atoms with Gasteiger partial charge in [0.25, 0.3) is 0 Å². The van der Waals surface area contributed by atoms with Crippen LogP contribution in [0.15, 0.2) is 36.4 Å². The Morgan fingerprint density at radius 2 is 2.00 bits per heavy atom. The molecule has 0 saturated carbocycles. The summed E-state index contributed by atoms with van der Waals surface area (Å²) in [6.07, 6.45) is 0. The third-order valence-corrected chi connectivity index (χ3v) is 2.78. The molecule has 0 saturated heterocycles. The van der Waals surface area contributed by atoms with Gasteiger partial charge in [0.15, 0.2) is 0 Å². The Balaban J connectivity index is 2.33. The van der Waals surface area contributed by atoms with Gasteiger partial charge in [0.1, 0.15) is 12.4 Å². The standard InChI is InChI=1S/C15H24N2O/c1-4-17(12-13(2)3)9-10-18-15-7-5-14(11-16)6-8-15/h5-8H,2,4,9-12,16H2,1,3H3. The Morgan fingerprint density at radius 3 is 2.50 bits per heavy atom. The Kier molecular flexibility index (Phi) is 6.47. The van der Waals surface area contributed by atoms with Gasteiger partial charge in [-0.1, -0.05) is 31.2 Å². The lowest BCUT2D eigenvalue weighted by Crippen LogP contribution is -2.29. The van der Waals surface area contributed by atoms with Crippen LogP contribution in [-0.2, 0) is 6.54 Å². The number of nitrogens with two attached hydrogens (primary N) is 1. The minimum Gasteiger partial charge on any atom is -0.492 e. The molecule has 0 radical (unpaired) electrons. The van der Waals surface area contributed by atoms with Gasteiger partial charge in [-0.2, -0.15) is 0 Å². The van der Waals surface area contributed by atoms with Crippen LogP contribution in [0.2, 0.25) is 0 Å². The first-order valence-electron chi connectivity index (χ1n) is 6.44. The molecule has 0 amide bonds. The molecule has 0 heterocycles. The van der Waals surface area contributed by atoms with Crippen LogP contribution in [0, 0.1) is 0 Å². The first-order chi connectivity index (χ1) is 8.65. The van der Waals surface area contributed by atoms with E-state index in [1.807, 2.05) is 24.3 Å². The summed E-state index contributed by atoms with van der Waals surface area (Å²) in [5.41, 5.74) is 7.86. The lowest BCUT2D eigenvalue weighted by atomic mass is 10.2. The predicted octanol–water partition coefficient (Wildman–Crippen LogP) is 2.42. The topological polar surface area (TPSA) is 38.5 Å². The molecule has 0 atom stereocenters. The maximum Gasteiger partial charge on any atom is 0.119 e. The van der Waals surface area contributed by atoms with Crippen LogP contribution in [0.3, 0.4) is 0 Å². The fourth-order valence-corrected chi connectivity index (χ4v) is 1.75. The van der Waals surface area contributed by atoms with E-state index in [1.54, 1.807) is 0 Å². The molecule has 3 heteroatoms. The lowest BCUT2D eigenvalue weighted by Gasteiger charge is -2.20. The highest BCUT2D eigenvalue weighted by atomic mass is 16.5. The van der Waals surface area contributed by atoms with Gasteiger partial charge in [0.05, 0.1) is 0 Å². The summed E-state index contributed by atoms with van der Waals surface area (Å²) in [6, 6.07) is 7.94. The van der Waals surface area contributed by atoms with E-state index in [0.29, 0.717) is 13.2 Å². The largest absolute Gasteiger partial charge is 0.492 e. The second kappa shape index (κ2) is 7.90. The van der Waals surface area contributed by atoms with Crippen LogP contribution >= 0.6 is 0 Å². The molecule has 0 unspecified atom stereocenters. The van der Waals surface area contributed by atoms with Gasteiger partial charge >= 0.3 is 0 Å². The summed E-state index contributed by atoms with van der Waals surface area (Å²) >= 11 is 0. The molecule has 2 N–H and O–H groups in total. The number of ether oxygens (including phenoxy) is 1. The Bertz CT molecular complexity index is 359. The van der Waals surface area contributed by atoms with Crippen molar-refractivity contribution >= 4 is 0 Å². The van der Waals surface area contributed by atoms with E-state index in [1.165, 1.54) is 5.57 Å². The lowest BCUT2D eigenvalue weighted by molar-refractivity contribution is 0.227. The van der Waals surface area contributed by atoms with Gasteiger partial charge in [0, 0.05) is 19.6 Å². The summed E-state index contributed by atoms with van der Waals surface area (Å²) < 4.78 is 5.71. The quantitative estimate of drug-likeness (QED) is 0.718. The average Bonchev–Trinajstić information content (AvgIpc) is 2.38. The minimum atomic E-state index is 0.572. The van der Waals surface area contributed by atoms with E-state index in [0.717, 1.165) is 30.9 Å². The Hall–Kier alpha value is -1.32. The SMILES string of the molecule is C=C(C)CN(CC)CCOc1ccc(CN)cc1. The number of likely N-dealkylation sites (N-methyl/N-ethyl adjacent to an activating group) is 1. The fraction of sp³-hybridized carbons (Fsp3) is 0.467. The minimum absolute atomic E-state index is 0.572. The molecular formula is C15H24N2O. The summed E-state index contributed by atoms with van der Waals surface area (Å²) in [5.74, 6) is 0.901. The smallest absolute Gasteiger partial charge is 0.119 e. The van der Waals surface area contributed by atoms with Crippen LogP contribution in [0.25, 0.3) is 0 Å². The molecular weight excluding hydrogens is 224 g/mol. The van der Waals surface area contributed by atoms with Crippen LogP contribution in [0.1, 0.15) is 19.4 Å². The number of benzene rings is 1. The molecule has 0 aliphatic rings. The molecule has 0 bridgehead atoms. The molecule has 0 aromatic heterocycles. The second-order valence-corrected chi connectivity index (χ2v) is 4.52. The number of rotatable bonds is 8. The Labute approximate surface area is 110 Å². The molecule has 1 aromatic carbocycles. The molecule has 3 nitrogen and oxygen atoms in total. The van der Waals surface area contributed by atoms with Crippen molar-refractivity contribution in [3.63, 3.8) is 0 Å². The maximum atomic E-state index is 5.71. The van der Waals surface area contributed by atoms with E-state index in [-0.39, 0.29) is 0 Å². The zero-order chi connectivity index (χ0) is 13.4. The number of hydrogen-bond acceptors (Lipinski definition) is 3. The van der Waals surface area contributed by atoms with Crippen molar-refractivity contribution in [3.8, 4) is 5.75 Å². The van der Waals surface area contributed by atoms with E-state index in [4.69, 9.17) is 10.5 Å². The third-order valence-electron chi connectivity index (χ3n) is 2.78. The third kappa shape index (κ3) is 5.34. The van der Waals surface area contributed by atoms with Crippen LogP contribution in [0.4, 0.5) is 0 Å². The predicted molar refractivity (Wildman–Crippen MR) is 76.8 cm³/mol. The molecule has 0 aliphatic heterocycles. The van der Waals surface area contributed by atoms with Crippen molar-refractivity contribution in [2.45, 2.75) is 20.4 Å². The van der Waals surface area contributed by atoms with Gasteiger partial charge in [0.2, 0.25) is 0 Å². The van der Waals surface area contributed by atoms with Crippen LogP contribution in [-0.4, -0.2) is 31.1 Å². The Morgan fingerprint density at radius 1 is 1.33 bits per heavy atom. The van der Waals surface area contributed by atoms with Crippen LogP contribution < -0.4 is 10.5 Å².